The summed E-state index contributed by atoms with van der Waals surface area (Å²) in [7, 11) is 0. The smallest absolute Gasteiger partial charge is 0.0723 e. The second-order valence-electron chi connectivity index (χ2n) is 4.12. The van der Waals surface area contributed by atoms with Gasteiger partial charge in [-0.25, -0.2) is 0 Å². The molecule has 0 aromatic rings. The molecule has 0 aromatic heterocycles. The fraction of sp³-hybridized carbons (Fsp3) is 1.00. The topological polar surface area (TPSA) is 72.2 Å². The van der Waals surface area contributed by atoms with E-state index in [1.807, 2.05) is 0 Å². The van der Waals surface area contributed by atoms with Gasteiger partial charge in [0.15, 0.2) is 0 Å². The van der Waals surface area contributed by atoms with Gasteiger partial charge in [-0.1, -0.05) is 18.5 Å². The average Bonchev–Trinajstić information content (AvgIpc) is 2.27. The monoisotopic (exact) mass is 212 g/mol. The molecule has 5 nitrogen and oxygen atoms in total. The Morgan fingerprint density at radius 1 is 1.60 bits per heavy atom. The second kappa shape index (κ2) is 6.67. The molecule has 1 unspecified atom stereocenters. The Balaban J connectivity index is 2.36. The highest BCUT2D eigenvalue weighted by atomic mass is 16.3. The van der Waals surface area contributed by atoms with Crippen LogP contribution in [0.15, 0.2) is 5.11 Å². The van der Waals surface area contributed by atoms with Crippen LogP contribution in [0.5, 0.6) is 0 Å². The van der Waals surface area contributed by atoms with Gasteiger partial charge in [0.1, 0.15) is 0 Å². The van der Waals surface area contributed by atoms with Crippen molar-refractivity contribution in [3.63, 3.8) is 0 Å². The largest absolute Gasteiger partial charge is 0.392 e. The number of aliphatic hydroxyl groups excluding tert-OH is 1. The number of rotatable bonds is 5. The Labute approximate surface area is 90.7 Å². The molecule has 0 amide bonds. The third-order valence-electron chi connectivity index (χ3n) is 3.02. The standard InChI is InChI=1S/C10H20N4O/c1-2-9-5-3-4-6-14(9)8-10(15)7-12-13-11/h9-10,15H,2-8H2,1H3/t9?,10-/m0/s1. The summed E-state index contributed by atoms with van der Waals surface area (Å²) in [5.74, 6) is 0. The minimum Gasteiger partial charge on any atom is -0.392 e. The third kappa shape index (κ3) is 4.08. The first-order valence-corrected chi connectivity index (χ1v) is 5.71. The van der Waals surface area contributed by atoms with Crippen molar-refractivity contribution in [1.29, 1.82) is 0 Å². The van der Waals surface area contributed by atoms with Crippen molar-refractivity contribution < 1.29 is 5.11 Å². The van der Waals surface area contributed by atoms with Crippen molar-refractivity contribution in [3.8, 4) is 0 Å². The number of azide groups is 1. The molecular weight excluding hydrogens is 192 g/mol. The number of nitrogens with zero attached hydrogens (tertiary/aromatic N) is 4. The summed E-state index contributed by atoms with van der Waals surface area (Å²) in [5, 5.41) is 13.0. The first kappa shape index (κ1) is 12.3. The lowest BCUT2D eigenvalue weighted by Gasteiger charge is -2.36. The second-order valence-corrected chi connectivity index (χ2v) is 4.12. The van der Waals surface area contributed by atoms with Gasteiger partial charge in [-0.2, -0.15) is 0 Å². The Morgan fingerprint density at radius 2 is 2.40 bits per heavy atom. The van der Waals surface area contributed by atoms with Crippen molar-refractivity contribution in [2.45, 2.75) is 44.8 Å². The zero-order valence-corrected chi connectivity index (χ0v) is 9.34. The minimum absolute atomic E-state index is 0.184. The molecule has 0 aliphatic carbocycles. The van der Waals surface area contributed by atoms with E-state index in [1.54, 1.807) is 0 Å². The van der Waals surface area contributed by atoms with E-state index in [0.717, 1.165) is 13.0 Å². The first-order valence-electron chi connectivity index (χ1n) is 5.71. The summed E-state index contributed by atoms with van der Waals surface area (Å²) in [5.41, 5.74) is 8.15. The number of piperidine rings is 1. The maximum atomic E-state index is 9.64. The highest BCUT2D eigenvalue weighted by molar-refractivity contribution is 4.78. The fourth-order valence-corrected chi connectivity index (χ4v) is 2.22. The Hall–Kier alpha value is -0.770. The highest BCUT2D eigenvalue weighted by Crippen LogP contribution is 2.19. The number of likely N-dealkylation sites (tertiary alicyclic amines) is 1. The first-order chi connectivity index (χ1) is 7.27. The Bertz CT molecular complexity index is 227. The highest BCUT2D eigenvalue weighted by Gasteiger charge is 2.22. The van der Waals surface area contributed by atoms with Crippen LogP contribution >= 0.6 is 0 Å². The van der Waals surface area contributed by atoms with Crippen LogP contribution in [-0.4, -0.2) is 41.8 Å². The average molecular weight is 212 g/mol. The van der Waals surface area contributed by atoms with Crippen molar-refractivity contribution in [2.24, 2.45) is 5.11 Å². The molecule has 15 heavy (non-hydrogen) atoms. The third-order valence-corrected chi connectivity index (χ3v) is 3.02. The maximum absolute atomic E-state index is 9.64. The van der Waals surface area contributed by atoms with E-state index in [9.17, 15) is 5.11 Å². The predicted octanol–water partition coefficient (Wildman–Crippen LogP) is 1.92. The van der Waals surface area contributed by atoms with E-state index in [4.69, 9.17) is 5.53 Å². The van der Waals surface area contributed by atoms with E-state index < -0.39 is 6.10 Å². The number of hydrogen-bond acceptors (Lipinski definition) is 3. The van der Waals surface area contributed by atoms with Crippen molar-refractivity contribution in [3.05, 3.63) is 10.4 Å². The van der Waals surface area contributed by atoms with Crippen LogP contribution < -0.4 is 0 Å². The predicted molar refractivity (Wildman–Crippen MR) is 59.5 cm³/mol. The summed E-state index contributed by atoms with van der Waals surface area (Å²) < 4.78 is 0. The number of aliphatic hydroxyl groups is 1. The molecule has 0 radical (unpaired) electrons. The van der Waals surface area contributed by atoms with Gasteiger partial charge in [-0.15, -0.1) is 0 Å². The SMILES string of the molecule is CCC1CCCCN1C[C@@H](O)CN=[N+]=[N-]. The van der Waals surface area contributed by atoms with Crippen molar-refractivity contribution in [1.82, 2.24) is 4.90 Å². The van der Waals surface area contributed by atoms with E-state index in [0.29, 0.717) is 12.6 Å². The zero-order chi connectivity index (χ0) is 11.1. The van der Waals surface area contributed by atoms with Gasteiger partial charge < -0.3 is 5.11 Å². The minimum atomic E-state index is -0.520. The molecule has 1 N–H and O–H groups in total. The van der Waals surface area contributed by atoms with Crippen LogP contribution in [0.2, 0.25) is 0 Å². The van der Waals surface area contributed by atoms with E-state index >= 15 is 0 Å². The molecule has 2 atom stereocenters. The Kier molecular flexibility index (Phi) is 5.47. The molecule has 1 fully saturated rings. The molecule has 1 saturated heterocycles. The van der Waals surface area contributed by atoms with E-state index in [1.165, 1.54) is 19.3 Å². The molecule has 1 heterocycles. The van der Waals surface area contributed by atoms with Crippen LogP contribution in [0.3, 0.4) is 0 Å². The molecule has 0 saturated carbocycles. The van der Waals surface area contributed by atoms with Crippen molar-refractivity contribution >= 4 is 0 Å². The van der Waals surface area contributed by atoms with Gasteiger partial charge in [0.2, 0.25) is 0 Å². The normalized spacial score (nSPS) is 24.5. The molecule has 0 bridgehead atoms. The summed E-state index contributed by atoms with van der Waals surface area (Å²) in [6.45, 7) is 4.07. The molecule has 5 heteroatoms. The van der Waals surface area contributed by atoms with Crippen LogP contribution in [-0.2, 0) is 0 Å². The lowest BCUT2D eigenvalue weighted by Crippen LogP contribution is -2.44. The zero-order valence-electron chi connectivity index (χ0n) is 9.34. The Morgan fingerprint density at radius 3 is 3.07 bits per heavy atom. The van der Waals surface area contributed by atoms with Gasteiger partial charge in [0.05, 0.1) is 12.6 Å². The van der Waals surface area contributed by atoms with Crippen molar-refractivity contribution in [2.75, 3.05) is 19.6 Å². The van der Waals surface area contributed by atoms with Gasteiger partial charge >= 0.3 is 0 Å². The van der Waals surface area contributed by atoms with E-state index in [-0.39, 0.29) is 6.54 Å². The number of hydrogen-bond donors (Lipinski definition) is 1. The lowest BCUT2D eigenvalue weighted by atomic mass is 9.99. The summed E-state index contributed by atoms with van der Waals surface area (Å²) in [6, 6.07) is 0.597. The van der Waals surface area contributed by atoms with Gasteiger partial charge in [-0.3, -0.25) is 4.90 Å². The molecule has 0 aromatic carbocycles. The molecule has 1 aliphatic rings. The lowest BCUT2D eigenvalue weighted by molar-refractivity contribution is 0.0701. The van der Waals surface area contributed by atoms with Crippen LogP contribution in [0.4, 0.5) is 0 Å². The van der Waals surface area contributed by atoms with Gasteiger partial charge in [0.25, 0.3) is 0 Å². The molecular formula is C10H20N4O. The maximum Gasteiger partial charge on any atom is 0.0723 e. The summed E-state index contributed by atoms with van der Waals surface area (Å²) in [6.07, 6.45) is 4.35. The van der Waals surface area contributed by atoms with E-state index in [2.05, 4.69) is 21.8 Å². The fourth-order valence-electron chi connectivity index (χ4n) is 2.22. The molecule has 1 rings (SSSR count). The molecule has 1 aliphatic heterocycles. The van der Waals surface area contributed by atoms with Crippen LogP contribution in [0.25, 0.3) is 10.4 Å². The molecule has 0 spiro atoms. The summed E-state index contributed by atoms with van der Waals surface area (Å²) >= 11 is 0. The quantitative estimate of drug-likeness (QED) is 0.429. The van der Waals surface area contributed by atoms with Gasteiger partial charge in [-0.05, 0) is 31.3 Å². The van der Waals surface area contributed by atoms with Crippen LogP contribution in [0, 0.1) is 0 Å². The molecule has 86 valence electrons. The summed E-state index contributed by atoms with van der Waals surface area (Å²) in [4.78, 5) is 4.97. The number of β-amino-alcohol motifs (C(OH)–C–C–N with tert-alkyl or cyclic N) is 1. The van der Waals surface area contributed by atoms with Crippen LogP contribution in [0.1, 0.15) is 32.6 Å². The van der Waals surface area contributed by atoms with Gasteiger partial charge in [0, 0.05) is 17.5 Å².